The molecule has 0 aliphatic carbocycles. The number of pyridine rings is 1. The van der Waals surface area contributed by atoms with Gasteiger partial charge in [-0.05, 0) is 48.4 Å². The van der Waals surface area contributed by atoms with Crippen LogP contribution in [0.1, 0.15) is 32.2 Å². The molecule has 0 unspecified atom stereocenters. The van der Waals surface area contributed by atoms with Crippen molar-refractivity contribution >= 4 is 34.5 Å². The highest BCUT2D eigenvalue weighted by Gasteiger charge is 2.14. The molecule has 4 aromatic rings. The van der Waals surface area contributed by atoms with Crippen molar-refractivity contribution in [2.45, 2.75) is 13.5 Å². The van der Waals surface area contributed by atoms with E-state index < -0.39 is 0 Å². The van der Waals surface area contributed by atoms with Gasteiger partial charge in [0.1, 0.15) is 5.69 Å². The highest BCUT2D eigenvalue weighted by atomic mass is 32.1. The number of nitrogens with one attached hydrogen (secondary N) is 1. The Morgan fingerprint density at radius 2 is 1.86 bits per heavy atom. The third kappa shape index (κ3) is 4.67. The minimum Gasteiger partial charge on any atom is -0.339 e. The lowest BCUT2D eigenvalue weighted by Gasteiger charge is -2.08. The summed E-state index contributed by atoms with van der Waals surface area (Å²) in [7, 11) is 0. The molecule has 0 spiro atoms. The highest BCUT2D eigenvalue weighted by molar-refractivity contribution is 7.15. The average Bonchev–Trinajstić information content (AvgIpc) is 3.34. The van der Waals surface area contributed by atoms with Gasteiger partial charge in [-0.3, -0.25) is 15.1 Å². The summed E-state index contributed by atoms with van der Waals surface area (Å²) in [5.74, 6) is -0.170. The summed E-state index contributed by atoms with van der Waals surface area (Å²) in [6.07, 6.45) is 9.40. The van der Waals surface area contributed by atoms with Crippen LogP contribution in [0.5, 0.6) is 0 Å². The molecule has 3 aromatic heterocycles. The lowest BCUT2D eigenvalue weighted by Crippen LogP contribution is -2.17. The number of aryl methyl sites for hydroxylation is 1. The van der Waals surface area contributed by atoms with E-state index in [2.05, 4.69) is 15.3 Å². The number of thiazole rings is 1. The Morgan fingerprint density at radius 1 is 1.07 bits per heavy atom. The van der Waals surface area contributed by atoms with E-state index in [9.17, 15) is 4.79 Å². The van der Waals surface area contributed by atoms with Gasteiger partial charge in [-0.1, -0.05) is 36.4 Å². The zero-order valence-electron chi connectivity index (χ0n) is 15.9. The first-order valence-electron chi connectivity index (χ1n) is 9.25. The van der Waals surface area contributed by atoms with Crippen molar-refractivity contribution in [3.8, 4) is 0 Å². The van der Waals surface area contributed by atoms with E-state index in [0.29, 0.717) is 17.4 Å². The van der Waals surface area contributed by atoms with Gasteiger partial charge in [0, 0.05) is 30.0 Å². The van der Waals surface area contributed by atoms with E-state index in [0.717, 1.165) is 21.7 Å². The molecule has 4 rings (SSSR count). The van der Waals surface area contributed by atoms with Crippen LogP contribution < -0.4 is 5.32 Å². The van der Waals surface area contributed by atoms with Gasteiger partial charge >= 0.3 is 0 Å². The second kappa shape index (κ2) is 8.67. The number of hydrogen-bond acceptors (Lipinski definition) is 4. The second-order valence-corrected chi connectivity index (χ2v) is 7.74. The molecule has 0 radical (unpaired) electrons. The van der Waals surface area contributed by atoms with Crippen molar-refractivity contribution in [1.29, 1.82) is 0 Å². The molecule has 5 nitrogen and oxygen atoms in total. The number of nitrogens with zero attached hydrogens (tertiary/aromatic N) is 3. The molecular formula is C23H20N4OS. The minimum atomic E-state index is -0.170. The molecule has 0 saturated carbocycles. The van der Waals surface area contributed by atoms with Crippen LogP contribution in [-0.2, 0) is 6.54 Å². The summed E-state index contributed by atoms with van der Waals surface area (Å²) in [6, 6.07) is 17.6. The summed E-state index contributed by atoms with van der Waals surface area (Å²) in [5, 5.41) is 3.53. The Morgan fingerprint density at radius 3 is 2.66 bits per heavy atom. The van der Waals surface area contributed by atoms with Crippen LogP contribution in [0.4, 0.5) is 5.13 Å². The lowest BCUT2D eigenvalue weighted by molar-refractivity contribution is 0.101. The molecule has 144 valence electrons. The maximum atomic E-state index is 12.8. The van der Waals surface area contributed by atoms with Gasteiger partial charge in [-0.2, -0.15) is 0 Å². The fourth-order valence-corrected chi connectivity index (χ4v) is 3.76. The average molecular weight is 401 g/mol. The number of amides is 1. The minimum absolute atomic E-state index is 0.170. The Balaban J connectivity index is 1.47. The number of carbonyl (C=O) groups is 1. The molecule has 0 atom stereocenters. The van der Waals surface area contributed by atoms with Gasteiger partial charge < -0.3 is 4.57 Å². The zero-order chi connectivity index (χ0) is 20.1. The number of benzene rings is 1. The second-order valence-electron chi connectivity index (χ2n) is 6.54. The van der Waals surface area contributed by atoms with Gasteiger partial charge in [-0.25, -0.2) is 4.98 Å². The van der Waals surface area contributed by atoms with Crippen LogP contribution in [0.25, 0.3) is 12.2 Å². The Labute approximate surface area is 173 Å². The fourth-order valence-electron chi connectivity index (χ4n) is 2.96. The summed E-state index contributed by atoms with van der Waals surface area (Å²) < 4.78 is 1.92. The molecule has 6 heteroatoms. The first kappa shape index (κ1) is 18.8. The summed E-state index contributed by atoms with van der Waals surface area (Å²) in [5.41, 5.74) is 3.65. The van der Waals surface area contributed by atoms with Crippen LogP contribution in [0.2, 0.25) is 0 Å². The van der Waals surface area contributed by atoms with E-state index in [1.54, 1.807) is 12.4 Å². The van der Waals surface area contributed by atoms with E-state index in [1.807, 2.05) is 84.4 Å². The van der Waals surface area contributed by atoms with Gasteiger partial charge in [0.05, 0.1) is 5.69 Å². The van der Waals surface area contributed by atoms with Gasteiger partial charge in [0.2, 0.25) is 0 Å². The number of hydrogen-bond donors (Lipinski definition) is 1. The van der Waals surface area contributed by atoms with Crippen molar-refractivity contribution in [3.63, 3.8) is 0 Å². The number of rotatable bonds is 6. The first-order chi connectivity index (χ1) is 14.2. The van der Waals surface area contributed by atoms with Crippen LogP contribution >= 0.6 is 11.3 Å². The van der Waals surface area contributed by atoms with Crippen molar-refractivity contribution < 1.29 is 4.79 Å². The Hall–Kier alpha value is -3.51. The quantitative estimate of drug-likeness (QED) is 0.489. The normalized spacial score (nSPS) is 11.1. The number of carbonyl (C=O) groups excluding carboxylic acids is 1. The van der Waals surface area contributed by atoms with Crippen LogP contribution in [0.3, 0.4) is 0 Å². The largest absolute Gasteiger partial charge is 0.339 e. The molecular weight excluding hydrogens is 380 g/mol. The smallest absolute Gasteiger partial charge is 0.274 e. The van der Waals surface area contributed by atoms with Gasteiger partial charge in [-0.15, -0.1) is 11.3 Å². The van der Waals surface area contributed by atoms with E-state index in [4.69, 9.17) is 0 Å². The molecule has 1 N–H and O–H groups in total. The fraction of sp³-hybridized carbons (Fsp3) is 0.0870. The summed E-state index contributed by atoms with van der Waals surface area (Å²) in [4.78, 5) is 22.4. The Bertz CT molecular complexity index is 1130. The molecule has 3 heterocycles. The molecule has 0 aliphatic rings. The van der Waals surface area contributed by atoms with Crippen molar-refractivity contribution in [2.24, 2.45) is 0 Å². The number of aromatic nitrogens is 3. The molecule has 0 fully saturated rings. The third-order valence-corrected chi connectivity index (χ3v) is 5.35. The summed E-state index contributed by atoms with van der Waals surface area (Å²) in [6.45, 7) is 2.62. The third-order valence-electron chi connectivity index (χ3n) is 4.45. The molecule has 0 aliphatic heterocycles. The van der Waals surface area contributed by atoms with Crippen LogP contribution in [0, 0.1) is 6.92 Å². The van der Waals surface area contributed by atoms with Crippen LogP contribution in [0.15, 0.2) is 73.2 Å². The first-order valence-corrected chi connectivity index (χ1v) is 10.1. The van der Waals surface area contributed by atoms with Crippen molar-refractivity contribution in [1.82, 2.24) is 14.5 Å². The SMILES string of the molecule is Cc1sc(NC(=O)c2cccn2Cc2ccncc2)nc1/C=C/c1ccccc1. The van der Waals surface area contributed by atoms with E-state index in [1.165, 1.54) is 11.3 Å². The zero-order valence-corrected chi connectivity index (χ0v) is 16.8. The van der Waals surface area contributed by atoms with Gasteiger partial charge in [0.15, 0.2) is 5.13 Å². The Kier molecular flexibility index (Phi) is 5.63. The lowest BCUT2D eigenvalue weighted by atomic mass is 10.2. The van der Waals surface area contributed by atoms with Gasteiger partial charge in [0.25, 0.3) is 5.91 Å². The predicted octanol–water partition coefficient (Wildman–Crippen LogP) is 5.12. The number of anilines is 1. The predicted molar refractivity (Wildman–Crippen MR) is 118 cm³/mol. The monoisotopic (exact) mass is 400 g/mol. The molecule has 0 saturated heterocycles. The summed E-state index contributed by atoms with van der Waals surface area (Å²) >= 11 is 1.47. The van der Waals surface area contributed by atoms with E-state index >= 15 is 0 Å². The molecule has 29 heavy (non-hydrogen) atoms. The van der Waals surface area contributed by atoms with Crippen molar-refractivity contribution in [2.75, 3.05) is 5.32 Å². The molecule has 1 aromatic carbocycles. The molecule has 1 amide bonds. The standard InChI is InChI=1S/C23H20N4OS/c1-17-20(10-9-18-6-3-2-4-7-18)25-23(29-17)26-22(28)21-8-5-15-27(21)16-19-11-13-24-14-12-19/h2-15H,16H2,1H3,(H,25,26,28)/b10-9+. The maximum Gasteiger partial charge on any atom is 0.274 e. The molecule has 0 bridgehead atoms. The van der Waals surface area contributed by atoms with Crippen molar-refractivity contribution in [3.05, 3.63) is 101 Å². The highest BCUT2D eigenvalue weighted by Crippen LogP contribution is 2.24. The van der Waals surface area contributed by atoms with Crippen LogP contribution in [-0.4, -0.2) is 20.4 Å². The topological polar surface area (TPSA) is 59.8 Å². The maximum absolute atomic E-state index is 12.8. The van der Waals surface area contributed by atoms with E-state index in [-0.39, 0.29) is 5.91 Å².